The van der Waals surface area contributed by atoms with Gasteiger partial charge in [-0.3, -0.25) is 0 Å². The first-order valence-electron chi connectivity index (χ1n) is 7.22. The van der Waals surface area contributed by atoms with Crippen molar-refractivity contribution in [1.29, 1.82) is 0 Å². The van der Waals surface area contributed by atoms with Gasteiger partial charge in [-0.25, -0.2) is 4.39 Å². The molecule has 0 heterocycles. The average Bonchev–Trinajstić information content (AvgIpc) is 2.96. The van der Waals surface area contributed by atoms with E-state index in [1.807, 2.05) is 13.1 Å². The summed E-state index contributed by atoms with van der Waals surface area (Å²) < 4.78 is 14.3. The number of halogens is 2. The third-order valence-electron chi connectivity index (χ3n) is 5.21. The monoisotopic (exact) mass is 325 g/mol. The number of fused-ring (bicyclic) bond motifs is 2. The molecule has 0 amide bonds. The van der Waals surface area contributed by atoms with Gasteiger partial charge < -0.3 is 5.32 Å². The van der Waals surface area contributed by atoms with Crippen LogP contribution in [0.25, 0.3) is 0 Å². The molecule has 0 spiro atoms. The minimum atomic E-state index is -0.139. The van der Waals surface area contributed by atoms with Gasteiger partial charge in [-0.1, -0.05) is 18.6 Å². The molecule has 0 aromatic heterocycles. The summed E-state index contributed by atoms with van der Waals surface area (Å²) >= 11 is 3.42. The van der Waals surface area contributed by atoms with Crippen molar-refractivity contribution in [1.82, 2.24) is 5.32 Å². The number of benzene rings is 1. The van der Waals surface area contributed by atoms with Crippen molar-refractivity contribution in [3.05, 3.63) is 34.1 Å². The molecule has 2 bridgehead atoms. The maximum absolute atomic E-state index is 13.7. The van der Waals surface area contributed by atoms with E-state index in [0.717, 1.165) is 30.4 Å². The average molecular weight is 326 g/mol. The largest absolute Gasteiger partial charge is 0.319 e. The highest BCUT2D eigenvalue weighted by atomic mass is 79.9. The van der Waals surface area contributed by atoms with E-state index in [4.69, 9.17) is 0 Å². The van der Waals surface area contributed by atoms with Crippen LogP contribution in [0.1, 0.15) is 31.2 Å². The minimum Gasteiger partial charge on any atom is -0.319 e. The van der Waals surface area contributed by atoms with E-state index in [1.54, 1.807) is 0 Å². The normalized spacial score (nSPS) is 33.0. The molecule has 0 aliphatic heterocycles. The van der Waals surface area contributed by atoms with Crippen LogP contribution < -0.4 is 5.32 Å². The van der Waals surface area contributed by atoms with Crippen LogP contribution in [-0.4, -0.2) is 13.6 Å². The molecule has 19 heavy (non-hydrogen) atoms. The lowest BCUT2D eigenvalue weighted by atomic mass is 9.69. The van der Waals surface area contributed by atoms with Crippen LogP contribution in [0.4, 0.5) is 4.39 Å². The molecule has 3 atom stereocenters. The van der Waals surface area contributed by atoms with E-state index >= 15 is 0 Å². The van der Waals surface area contributed by atoms with E-state index in [1.165, 1.54) is 31.7 Å². The van der Waals surface area contributed by atoms with Gasteiger partial charge in [0.05, 0.1) is 4.47 Å². The van der Waals surface area contributed by atoms with Crippen LogP contribution in [0, 0.1) is 23.1 Å². The summed E-state index contributed by atoms with van der Waals surface area (Å²) in [5.41, 5.74) is 1.47. The van der Waals surface area contributed by atoms with Gasteiger partial charge in [-0.15, -0.1) is 0 Å². The predicted molar refractivity (Wildman–Crippen MR) is 79.6 cm³/mol. The second kappa shape index (κ2) is 5.17. The fourth-order valence-corrected chi connectivity index (χ4v) is 4.87. The van der Waals surface area contributed by atoms with E-state index in [0.29, 0.717) is 9.89 Å². The number of hydrogen-bond donors (Lipinski definition) is 1. The first-order valence-corrected chi connectivity index (χ1v) is 8.01. The van der Waals surface area contributed by atoms with Crippen LogP contribution in [0.5, 0.6) is 0 Å². The van der Waals surface area contributed by atoms with Gasteiger partial charge in [0, 0.05) is 6.54 Å². The summed E-state index contributed by atoms with van der Waals surface area (Å²) in [6, 6.07) is 5.42. The minimum absolute atomic E-state index is 0.139. The Morgan fingerprint density at radius 2 is 2.26 bits per heavy atom. The Bertz CT molecular complexity index is 476. The third kappa shape index (κ3) is 2.36. The Kier molecular flexibility index (Phi) is 3.69. The molecule has 1 aromatic carbocycles. The second-order valence-corrected chi connectivity index (χ2v) is 7.16. The molecule has 2 fully saturated rings. The van der Waals surface area contributed by atoms with Gasteiger partial charge in [-0.05, 0) is 77.5 Å². The molecule has 1 aromatic rings. The molecule has 1 nitrogen and oxygen atoms in total. The Labute approximate surface area is 123 Å². The Balaban J connectivity index is 1.88. The summed E-state index contributed by atoms with van der Waals surface area (Å²) in [4.78, 5) is 0. The molecule has 1 N–H and O–H groups in total. The van der Waals surface area contributed by atoms with Crippen molar-refractivity contribution in [2.45, 2.75) is 32.1 Å². The standard InChI is InChI=1S/C16H21BrFN/c1-19-10-16(8-11-5-6-13(16)7-11)9-12-3-2-4-14(18)15(12)17/h2-4,11,13,19H,5-10H2,1H3. The molecule has 3 unspecified atom stereocenters. The molecule has 2 aliphatic rings. The highest BCUT2D eigenvalue weighted by Gasteiger charge is 2.50. The van der Waals surface area contributed by atoms with Crippen LogP contribution in [0.15, 0.2) is 22.7 Å². The molecule has 0 saturated heterocycles. The number of hydrogen-bond acceptors (Lipinski definition) is 1. The van der Waals surface area contributed by atoms with Crippen LogP contribution in [0.3, 0.4) is 0 Å². The lowest BCUT2D eigenvalue weighted by Gasteiger charge is -2.38. The van der Waals surface area contributed by atoms with Gasteiger partial charge in [0.15, 0.2) is 0 Å². The van der Waals surface area contributed by atoms with Crippen molar-refractivity contribution >= 4 is 15.9 Å². The zero-order valence-electron chi connectivity index (χ0n) is 11.4. The fourth-order valence-electron chi connectivity index (χ4n) is 4.47. The lowest BCUT2D eigenvalue weighted by molar-refractivity contribution is 0.159. The van der Waals surface area contributed by atoms with Gasteiger partial charge in [0.1, 0.15) is 5.82 Å². The summed E-state index contributed by atoms with van der Waals surface area (Å²) in [6.45, 7) is 1.05. The molecular weight excluding hydrogens is 305 g/mol. The molecule has 104 valence electrons. The second-order valence-electron chi connectivity index (χ2n) is 6.36. The summed E-state index contributed by atoms with van der Waals surface area (Å²) in [7, 11) is 2.04. The molecule has 0 radical (unpaired) electrons. The smallest absolute Gasteiger partial charge is 0.137 e. The Hall–Kier alpha value is -0.410. The van der Waals surface area contributed by atoms with E-state index in [9.17, 15) is 4.39 Å². The van der Waals surface area contributed by atoms with Crippen molar-refractivity contribution in [3.8, 4) is 0 Å². The SMILES string of the molecule is CNCC1(Cc2cccc(F)c2Br)CC2CCC1C2. The van der Waals surface area contributed by atoms with Crippen molar-refractivity contribution in [3.63, 3.8) is 0 Å². The highest BCUT2D eigenvalue weighted by Crippen LogP contribution is 2.57. The first kappa shape index (κ1) is 13.6. The van der Waals surface area contributed by atoms with Gasteiger partial charge >= 0.3 is 0 Å². The lowest BCUT2D eigenvalue weighted by Crippen LogP contribution is -2.39. The van der Waals surface area contributed by atoms with E-state index in [2.05, 4.69) is 27.3 Å². The predicted octanol–water partition coefficient (Wildman–Crippen LogP) is 4.16. The topological polar surface area (TPSA) is 12.0 Å². The zero-order chi connectivity index (χ0) is 13.5. The van der Waals surface area contributed by atoms with Crippen LogP contribution >= 0.6 is 15.9 Å². The van der Waals surface area contributed by atoms with Crippen LogP contribution in [0.2, 0.25) is 0 Å². The summed E-state index contributed by atoms with van der Waals surface area (Å²) in [5.74, 6) is 1.59. The Morgan fingerprint density at radius 3 is 2.89 bits per heavy atom. The van der Waals surface area contributed by atoms with Crippen LogP contribution in [-0.2, 0) is 6.42 Å². The summed E-state index contributed by atoms with van der Waals surface area (Å²) in [6.07, 6.45) is 6.45. The maximum Gasteiger partial charge on any atom is 0.137 e. The number of rotatable bonds is 4. The van der Waals surface area contributed by atoms with Gasteiger partial charge in [0.2, 0.25) is 0 Å². The Morgan fingerprint density at radius 1 is 1.42 bits per heavy atom. The van der Waals surface area contributed by atoms with E-state index < -0.39 is 0 Å². The molecule has 3 rings (SSSR count). The molecule has 3 heteroatoms. The van der Waals surface area contributed by atoms with Gasteiger partial charge in [-0.2, -0.15) is 0 Å². The summed E-state index contributed by atoms with van der Waals surface area (Å²) in [5, 5.41) is 3.38. The van der Waals surface area contributed by atoms with Crippen molar-refractivity contribution < 1.29 is 4.39 Å². The highest BCUT2D eigenvalue weighted by molar-refractivity contribution is 9.10. The molecule has 2 saturated carbocycles. The van der Waals surface area contributed by atoms with Crippen molar-refractivity contribution in [2.75, 3.05) is 13.6 Å². The van der Waals surface area contributed by atoms with Crippen molar-refractivity contribution in [2.24, 2.45) is 17.3 Å². The quantitative estimate of drug-likeness (QED) is 0.876. The maximum atomic E-state index is 13.7. The van der Waals surface area contributed by atoms with Gasteiger partial charge in [0.25, 0.3) is 0 Å². The third-order valence-corrected chi connectivity index (χ3v) is 6.09. The fraction of sp³-hybridized carbons (Fsp3) is 0.625. The molecular formula is C16H21BrFN. The zero-order valence-corrected chi connectivity index (χ0v) is 13.0. The number of nitrogens with one attached hydrogen (secondary N) is 1. The first-order chi connectivity index (χ1) is 9.14. The molecule has 2 aliphatic carbocycles. The van der Waals surface area contributed by atoms with E-state index in [-0.39, 0.29) is 5.82 Å².